The first-order valence-electron chi connectivity index (χ1n) is 8.38. The van der Waals surface area contributed by atoms with Crippen molar-refractivity contribution in [2.75, 3.05) is 19.5 Å². The van der Waals surface area contributed by atoms with Gasteiger partial charge in [0.25, 0.3) is 5.91 Å². The fraction of sp³-hybridized carbons (Fsp3) is 0.474. The van der Waals surface area contributed by atoms with E-state index in [0.717, 1.165) is 42.3 Å². The average molecular weight is 328 g/mol. The van der Waals surface area contributed by atoms with Gasteiger partial charge in [-0.3, -0.25) is 9.78 Å². The predicted octanol–water partition coefficient (Wildman–Crippen LogP) is 3.78. The number of fused-ring (bicyclic) bond motifs is 1. The number of benzene rings is 1. The molecular formula is C19H24N2O3. The van der Waals surface area contributed by atoms with Crippen LogP contribution in [0.2, 0.25) is 0 Å². The molecule has 128 valence electrons. The molecule has 1 aromatic carbocycles. The summed E-state index contributed by atoms with van der Waals surface area (Å²) >= 11 is 0. The lowest BCUT2D eigenvalue weighted by Gasteiger charge is -2.37. The van der Waals surface area contributed by atoms with Crippen molar-refractivity contribution in [1.82, 2.24) is 4.98 Å². The molecule has 2 atom stereocenters. The van der Waals surface area contributed by atoms with Crippen LogP contribution in [0.3, 0.4) is 0 Å². The van der Waals surface area contributed by atoms with Crippen molar-refractivity contribution < 1.29 is 14.3 Å². The number of pyridine rings is 1. The first-order chi connectivity index (χ1) is 11.6. The van der Waals surface area contributed by atoms with Crippen LogP contribution in [0.4, 0.5) is 5.69 Å². The lowest BCUT2D eigenvalue weighted by atomic mass is 9.78. The van der Waals surface area contributed by atoms with Crippen LogP contribution in [-0.4, -0.2) is 30.7 Å². The van der Waals surface area contributed by atoms with Gasteiger partial charge in [-0.2, -0.15) is 0 Å². The number of methoxy groups -OCH3 is 2. The van der Waals surface area contributed by atoms with Gasteiger partial charge in [0.05, 0.1) is 12.8 Å². The molecule has 0 aliphatic heterocycles. The number of nitrogens with zero attached hydrogens (tertiary/aromatic N) is 1. The van der Waals surface area contributed by atoms with Crippen molar-refractivity contribution in [3.63, 3.8) is 0 Å². The minimum Gasteiger partial charge on any atom is -0.494 e. The smallest absolute Gasteiger partial charge is 0.256 e. The van der Waals surface area contributed by atoms with E-state index in [2.05, 4.69) is 17.2 Å². The average Bonchev–Trinajstić information content (AvgIpc) is 2.61. The van der Waals surface area contributed by atoms with Crippen molar-refractivity contribution in [1.29, 1.82) is 0 Å². The Balaban J connectivity index is 1.93. The molecule has 1 fully saturated rings. The number of rotatable bonds is 4. The van der Waals surface area contributed by atoms with Crippen LogP contribution in [-0.2, 0) is 9.53 Å². The van der Waals surface area contributed by atoms with Crippen LogP contribution < -0.4 is 10.1 Å². The molecule has 1 heterocycles. The molecule has 1 N–H and O–H groups in total. The topological polar surface area (TPSA) is 60.5 Å². The highest BCUT2D eigenvalue weighted by atomic mass is 16.5. The molecule has 5 nitrogen and oxygen atoms in total. The van der Waals surface area contributed by atoms with Gasteiger partial charge in [0.1, 0.15) is 16.9 Å². The van der Waals surface area contributed by atoms with E-state index >= 15 is 0 Å². The Morgan fingerprint density at radius 1 is 1.33 bits per heavy atom. The van der Waals surface area contributed by atoms with Crippen LogP contribution in [0.1, 0.15) is 32.6 Å². The summed E-state index contributed by atoms with van der Waals surface area (Å²) in [6.07, 6.45) is 5.38. The standard InChI is InChI=1S/C19H24N2O3/c1-13-6-4-10-19(12-13,24-3)18(22)21-15-8-9-16(23-2)17-14(15)7-5-11-20-17/h5,7-9,11,13H,4,6,10,12H2,1-3H3,(H,21,22). The van der Waals surface area contributed by atoms with E-state index in [4.69, 9.17) is 9.47 Å². The van der Waals surface area contributed by atoms with Crippen molar-refractivity contribution in [2.24, 2.45) is 5.92 Å². The summed E-state index contributed by atoms with van der Waals surface area (Å²) in [5.41, 5.74) is 0.728. The molecule has 1 saturated carbocycles. The molecule has 5 heteroatoms. The minimum atomic E-state index is -0.744. The zero-order valence-electron chi connectivity index (χ0n) is 14.5. The molecule has 1 aromatic heterocycles. The van der Waals surface area contributed by atoms with Gasteiger partial charge in [-0.15, -0.1) is 0 Å². The fourth-order valence-electron chi connectivity index (χ4n) is 3.64. The third kappa shape index (κ3) is 2.96. The minimum absolute atomic E-state index is 0.0770. The highest BCUT2D eigenvalue weighted by molar-refractivity contribution is 6.05. The van der Waals surface area contributed by atoms with Gasteiger partial charge in [0.2, 0.25) is 0 Å². The Morgan fingerprint density at radius 3 is 2.88 bits per heavy atom. The van der Waals surface area contributed by atoms with Gasteiger partial charge in [-0.05, 0) is 49.4 Å². The number of ether oxygens (including phenoxy) is 2. The van der Waals surface area contributed by atoms with Gasteiger partial charge in [-0.25, -0.2) is 0 Å². The summed E-state index contributed by atoms with van der Waals surface area (Å²) in [5, 5.41) is 3.92. The Hall–Kier alpha value is -2.14. The quantitative estimate of drug-likeness (QED) is 0.928. The van der Waals surface area contributed by atoms with E-state index in [9.17, 15) is 4.79 Å². The maximum absolute atomic E-state index is 13.0. The Kier molecular flexibility index (Phi) is 4.71. The Morgan fingerprint density at radius 2 is 2.17 bits per heavy atom. The number of carbonyl (C=O) groups excluding carboxylic acids is 1. The van der Waals surface area contributed by atoms with Crippen LogP contribution in [0.15, 0.2) is 30.5 Å². The van der Waals surface area contributed by atoms with E-state index in [-0.39, 0.29) is 5.91 Å². The fourth-order valence-corrected chi connectivity index (χ4v) is 3.64. The summed E-state index contributed by atoms with van der Waals surface area (Å²) in [5.74, 6) is 1.10. The molecule has 2 unspecified atom stereocenters. The Labute approximate surface area is 142 Å². The van der Waals surface area contributed by atoms with Gasteiger partial charge < -0.3 is 14.8 Å². The van der Waals surface area contributed by atoms with Crippen molar-refractivity contribution in [2.45, 2.75) is 38.2 Å². The first-order valence-corrected chi connectivity index (χ1v) is 8.38. The molecule has 24 heavy (non-hydrogen) atoms. The third-order valence-corrected chi connectivity index (χ3v) is 4.96. The summed E-state index contributed by atoms with van der Waals surface area (Å²) in [6.45, 7) is 2.17. The second-order valence-corrected chi connectivity index (χ2v) is 6.57. The van der Waals surface area contributed by atoms with Crippen LogP contribution in [0.5, 0.6) is 5.75 Å². The lowest BCUT2D eigenvalue weighted by Crippen LogP contribution is -2.47. The first kappa shape index (κ1) is 16.7. The highest BCUT2D eigenvalue weighted by Crippen LogP contribution is 2.37. The third-order valence-electron chi connectivity index (χ3n) is 4.96. The Bertz CT molecular complexity index is 746. The molecule has 1 aliphatic carbocycles. The summed E-state index contributed by atoms with van der Waals surface area (Å²) in [6, 6.07) is 7.47. The number of hydrogen-bond acceptors (Lipinski definition) is 4. The monoisotopic (exact) mass is 328 g/mol. The van der Waals surface area contributed by atoms with Gasteiger partial charge in [-0.1, -0.05) is 13.3 Å². The number of amides is 1. The maximum atomic E-state index is 13.0. The van der Waals surface area contributed by atoms with Crippen molar-refractivity contribution >= 4 is 22.5 Å². The molecular weight excluding hydrogens is 304 g/mol. The predicted molar refractivity (Wildman–Crippen MR) is 94.3 cm³/mol. The summed E-state index contributed by atoms with van der Waals surface area (Å²) < 4.78 is 11.0. The van der Waals surface area contributed by atoms with E-state index in [1.165, 1.54) is 0 Å². The second kappa shape index (κ2) is 6.77. The zero-order valence-corrected chi connectivity index (χ0v) is 14.5. The second-order valence-electron chi connectivity index (χ2n) is 6.57. The maximum Gasteiger partial charge on any atom is 0.256 e. The van der Waals surface area contributed by atoms with Gasteiger partial charge in [0, 0.05) is 18.7 Å². The van der Waals surface area contributed by atoms with Gasteiger partial charge in [0.15, 0.2) is 0 Å². The summed E-state index contributed by atoms with van der Waals surface area (Å²) in [4.78, 5) is 17.4. The molecule has 0 saturated heterocycles. The molecule has 0 spiro atoms. The van der Waals surface area contributed by atoms with Gasteiger partial charge >= 0.3 is 0 Å². The zero-order chi connectivity index (χ0) is 17.2. The van der Waals surface area contributed by atoms with E-state index in [1.807, 2.05) is 24.3 Å². The molecule has 1 amide bonds. The number of carbonyl (C=O) groups is 1. The number of hydrogen-bond donors (Lipinski definition) is 1. The van der Waals surface area contributed by atoms with Crippen LogP contribution in [0.25, 0.3) is 10.9 Å². The van der Waals surface area contributed by atoms with Crippen molar-refractivity contribution in [3.05, 3.63) is 30.5 Å². The highest BCUT2D eigenvalue weighted by Gasteiger charge is 2.42. The van der Waals surface area contributed by atoms with Crippen LogP contribution >= 0.6 is 0 Å². The summed E-state index contributed by atoms with van der Waals surface area (Å²) in [7, 11) is 3.25. The molecule has 1 aliphatic rings. The molecule has 2 aromatic rings. The van der Waals surface area contributed by atoms with E-state index < -0.39 is 5.60 Å². The number of aromatic nitrogens is 1. The largest absolute Gasteiger partial charge is 0.494 e. The van der Waals surface area contributed by atoms with Crippen molar-refractivity contribution in [3.8, 4) is 5.75 Å². The molecule has 0 bridgehead atoms. The molecule has 0 radical (unpaired) electrons. The lowest BCUT2D eigenvalue weighted by molar-refractivity contribution is -0.143. The van der Waals surface area contributed by atoms with Crippen LogP contribution in [0, 0.1) is 5.92 Å². The number of nitrogens with one attached hydrogen (secondary N) is 1. The van der Waals surface area contributed by atoms with E-state index in [1.54, 1.807) is 20.4 Å². The number of anilines is 1. The van der Waals surface area contributed by atoms with E-state index in [0.29, 0.717) is 11.7 Å². The normalized spacial score (nSPS) is 23.9. The molecule has 3 rings (SSSR count). The SMILES string of the molecule is COc1ccc(NC(=O)C2(OC)CCCC(C)C2)c2cccnc12.